The maximum atomic E-state index is 13.4. The summed E-state index contributed by atoms with van der Waals surface area (Å²) in [6.45, 7) is 1.74. The van der Waals surface area contributed by atoms with Crippen molar-refractivity contribution in [3.63, 3.8) is 0 Å². The Labute approximate surface area is 87.5 Å². The highest BCUT2D eigenvalue weighted by Crippen LogP contribution is 2.52. The fourth-order valence-electron chi connectivity index (χ4n) is 1.94. The van der Waals surface area contributed by atoms with Crippen LogP contribution in [0.1, 0.15) is 24.8 Å². The van der Waals surface area contributed by atoms with Gasteiger partial charge in [-0.25, -0.2) is 4.39 Å². The third kappa shape index (κ3) is 1.64. The van der Waals surface area contributed by atoms with Crippen molar-refractivity contribution in [3.05, 3.63) is 34.6 Å². The van der Waals surface area contributed by atoms with Crippen molar-refractivity contribution in [2.45, 2.75) is 25.4 Å². The zero-order valence-corrected chi connectivity index (χ0v) is 8.63. The molecule has 0 amide bonds. The summed E-state index contributed by atoms with van der Waals surface area (Å²) >= 11 is 5.91. The molecule has 14 heavy (non-hydrogen) atoms. The average molecular weight is 215 g/mol. The van der Waals surface area contributed by atoms with Crippen LogP contribution in [0.3, 0.4) is 0 Å². The van der Waals surface area contributed by atoms with Crippen molar-refractivity contribution in [2.75, 3.05) is 0 Å². The van der Waals surface area contributed by atoms with Crippen molar-refractivity contribution in [1.29, 1.82) is 0 Å². The number of hydrogen-bond acceptors (Lipinski definition) is 1. The molecule has 1 aliphatic carbocycles. The Balaban J connectivity index is 2.26. The zero-order chi connectivity index (χ0) is 10.3. The van der Waals surface area contributed by atoms with E-state index in [0.29, 0.717) is 10.6 Å². The van der Waals surface area contributed by atoms with Gasteiger partial charge in [0.25, 0.3) is 0 Å². The van der Waals surface area contributed by atoms with Crippen molar-refractivity contribution in [2.24, 2.45) is 5.92 Å². The fourth-order valence-corrected chi connectivity index (χ4v) is 2.25. The van der Waals surface area contributed by atoms with E-state index in [9.17, 15) is 9.50 Å². The predicted molar refractivity (Wildman–Crippen MR) is 53.9 cm³/mol. The topological polar surface area (TPSA) is 20.2 Å². The van der Waals surface area contributed by atoms with Gasteiger partial charge in [0.05, 0.1) is 6.10 Å². The van der Waals surface area contributed by atoms with Gasteiger partial charge in [-0.2, -0.15) is 0 Å². The summed E-state index contributed by atoms with van der Waals surface area (Å²) in [6.07, 6.45) is 0.453. The van der Waals surface area contributed by atoms with Gasteiger partial charge in [-0.3, -0.25) is 0 Å². The Kier molecular flexibility index (Phi) is 2.50. The van der Waals surface area contributed by atoms with Crippen molar-refractivity contribution in [1.82, 2.24) is 0 Å². The second kappa shape index (κ2) is 3.52. The van der Waals surface area contributed by atoms with E-state index in [1.54, 1.807) is 19.1 Å². The van der Waals surface area contributed by atoms with E-state index in [-0.39, 0.29) is 23.8 Å². The summed E-state index contributed by atoms with van der Waals surface area (Å²) in [5.41, 5.74) is 0.570. The molecular formula is C11H12ClFO. The number of aliphatic hydroxyl groups excluding tert-OH is 1. The minimum absolute atomic E-state index is 0.101. The van der Waals surface area contributed by atoms with E-state index in [4.69, 9.17) is 11.6 Å². The normalized spacial score (nSPS) is 27.4. The molecule has 1 fully saturated rings. The van der Waals surface area contributed by atoms with Gasteiger partial charge in [0.2, 0.25) is 0 Å². The van der Waals surface area contributed by atoms with Gasteiger partial charge in [-0.05, 0) is 37.3 Å². The van der Waals surface area contributed by atoms with Crippen LogP contribution in [0.5, 0.6) is 0 Å². The molecule has 0 saturated heterocycles. The largest absolute Gasteiger partial charge is 0.393 e. The minimum atomic E-state index is -0.379. The Morgan fingerprint density at radius 2 is 2.29 bits per heavy atom. The molecule has 0 aromatic heterocycles. The predicted octanol–water partition coefficient (Wildman–Crippen LogP) is 2.96. The van der Waals surface area contributed by atoms with Gasteiger partial charge in [0.1, 0.15) is 5.82 Å². The summed E-state index contributed by atoms with van der Waals surface area (Å²) in [5, 5.41) is 9.81. The fraction of sp³-hybridized carbons (Fsp3) is 0.455. The second-order valence-corrected chi connectivity index (χ2v) is 4.29. The molecule has 0 spiro atoms. The van der Waals surface area contributed by atoms with Crippen LogP contribution < -0.4 is 0 Å². The molecule has 3 atom stereocenters. The second-order valence-electron chi connectivity index (χ2n) is 3.88. The summed E-state index contributed by atoms with van der Waals surface area (Å²) in [5.74, 6) is 0.0127. The molecule has 3 heteroatoms. The maximum absolute atomic E-state index is 13.4. The standard InChI is InChI=1S/C11H12ClFO/c1-6(14)7-5-8(7)11-9(12)3-2-4-10(11)13/h2-4,6-8,14H,5H2,1H3/t6-,7-,8+/m1/s1. The van der Waals surface area contributed by atoms with Gasteiger partial charge in [0, 0.05) is 10.6 Å². The number of benzene rings is 1. The lowest BCUT2D eigenvalue weighted by Crippen LogP contribution is -2.04. The van der Waals surface area contributed by atoms with E-state index in [1.807, 2.05) is 0 Å². The summed E-state index contributed by atoms with van der Waals surface area (Å²) in [7, 11) is 0. The lowest BCUT2D eigenvalue weighted by molar-refractivity contribution is 0.168. The van der Waals surface area contributed by atoms with Crippen LogP contribution in [0.25, 0.3) is 0 Å². The highest BCUT2D eigenvalue weighted by atomic mass is 35.5. The quantitative estimate of drug-likeness (QED) is 0.803. The molecule has 1 N–H and O–H groups in total. The number of aliphatic hydroxyl groups is 1. The Morgan fingerprint density at radius 3 is 2.79 bits per heavy atom. The third-order valence-corrected chi connectivity index (χ3v) is 3.16. The molecule has 0 heterocycles. The summed E-state index contributed by atoms with van der Waals surface area (Å²) in [4.78, 5) is 0. The molecule has 2 rings (SSSR count). The van der Waals surface area contributed by atoms with Crippen molar-refractivity contribution < 1.29 is 9.50 Å². The van der Waals surface area contributed by atoms with Gasteiger partial charge in [0.15, 0.2) is 0 Å². The Bertz CT molecular complexity index is 331. The third-order valence-electron chi connectivity index (χ3n) is 2.83. The molecule has 1 saturated carbocycles. The van der Waals surface area contributed by atoms with E-state index >= 15 is 0 Å². The van der Waals surface area contributed by atoms with Crippen LogP contribution in [0, 0.1) is 11.7 Å². The molecule has 76 valence electrons. The van der Waals surface area contributed by atoms with Gasteiger partial charge >= 0.3 is 0 Å². The molecule has 1 nitrogen and oxygen atoms in total. The first-order valence-corrected chi connectivity index (χ1v) is 5.11. The number of hydrogen-bond donors (Lipinski definition) is 1. The van der Waals surface area contributed by atoms with Gasteiger partial charge in [-0.1, -0.05) is 17.7 Å². The molecule has 0 bridgehead atoms. The Hall–Kier alpha value is -0.600. The van der Waals surface area contributed by atoms with Crippen LogP contribution in [0.15, 0.2) is 18.2 Å². The number of halogens is 2. The molecule has 0 radical (unpaired) electrons. The molecule has 0 unspecified atom stereocenters. The summed E-state index contributed by atoms with van der Waals surface area (Å²) < 4.78 is 13.4. The van der Waals surface area contributed by atoms with Crippen LogP contribution in [0.2, 0.25) is 5.02 Å². The van der Waals surface area contributed by atoms with Gasteiger partial charge in [-0.15, -0.1) is 0 Å². The smallest absolute Gasteiger partial charge is 0.128 e. The highest BCUT2D eigenvalue weighted by Gasteiger charge is 2.43. The Morgan fingerprint density at radius 1 is 1.57 bits per heavy atom. The van der Waals surface area contributed by atoms with Crippen LogP contribution >= 0.6 is 11.6 Å². The number of rotatable bonds is 2. The first kappa shape index (κ1) is 9.94. The van der Waals surface area contributed by atoms with E-state index in [0.717, 1.165) is 6.42 Å². The lowest BCUT2D eigenvalue weighted by Gasteiger charge is -2.06. The van der Waals surface area contributed by atoms with E-state index < -0.39 is 0 Å². The van der Waals surface area contributed by atoms with Crippen LogP contribution in [0.4, 0.5) is 4.39 Å². The van der Waals surface area contributed by atoms with Crippen LogP contribution in [-0.2, 0) is 0 Å². The minimum Gasteiger partial charge on any atom is -0.393 e. The van der Waals surface area contributed by atoms with Crippen molar-refractivity contribution >= 4 is 11.6 Å². The molecular weight excluding hydrogens is 203 g/mol. The monoisotopic (exact) mass is 214 g/mol. The highest BCUT2D eigenvalue weighted by molar-refractivity contribution is 6.31. The van der Waals surface area contributed by atoms with Crippen molar-refractivity contribution in [3.8, 4) is 0 Å². The first-order chi connectivity index (χ1) is 6.61. The molecule has 0 aliphatic heterocycles. The molecule has 1 aromatic rings. The van der Waals surface area contributed by atoms with E-state index in [2.05, 4.69) is 0 Å². The summed E-state index contributed by atoms with van der Waals surface area (Å²) in [6, 6.07) is 4.71. The SMILES string of the molecule is C[C@@H](O)[C@H]1C[C@@H]1c1c(F)cccc1Cl. The average Bonchev–Trinajstić information content (AvgIpc) is 2.83. The maximum Gasteiger partial charge on any atom is 0.128 e. The lowest BCUT2D eigenvalue weighted by atomic mass is 10.1. The molecule has 1 aliphatic rings. The molecule has 1 aromatic carbocycles. The zero-order valence-electron chi connectivity index (χ0n) is 7.87. The first-order valence-electron chi connectivity index (χ1n) is 4.73. The van der Waals surface area contributed by atoms with Crippen LogP contribution in [-0.4, -0.2) is 11.2 Å². The van der Waals surface area contributed by atoms with E-state index in [1.165, 1.54) is 6.07 Å². The van der Waals surface area contributed by atoms with Gasteiger partial charge < -0.3 is 5.11 Å².